The molecule has 0 unspecified atom stereocenters. The van der Waals surface area contributed by atoms with Gasteiger partial charge in [0, 0.05) is 31.1 Å². The first-order valence-corrected chi connectivity index (χ1v) is 6.59. The van der Waals surface area contributed by atoms with Crippen LogP contribution in [0.5, 0.6) is 0 Å². The maximum atomic E-state index is 5.00. The molecule has 2 rings (SSSR count). The summed E-state index contributed by atoms with van der Waals surface area (Å²) in [6, 6.07) is 10.1. The van der Waals surface area contributed by atoms with Gasteiger partial charge in [0.2, 0.25) is 5.95 Å². The average molecular weight is 272 g/mol. The van der Waals surface area contributed by atoms with Crippen LogP contribution in [-0.4, -0.2) is 30.2 Å². The second kappa shape index (κ2) is 6.86. The van der Waals surface area contributed by atoms with Crippen LogP contribution in [0.25, 0.3) is 0 Å². The summed E-state index contributed by atoms with van der Waals surface area (Å²) in [5, 5.41) is 6.41. The van der Waals surface area contributed by atoms with Gasteiger partial charge in [-0.05, 0) is 26.0 Å². The Bertz CT molecular complexity index is 554. The van der Waals surface area contributed by atoms with Gasteiger partial charge in [0.05, 0.1) is 6.61 Å². The van der Waals surface area contributed by atoms with Gasteiger partial charge in [0.15, 0.2) is 0 Å². The number of nitrogens with zero attached hydrogens (tertiary/aromatic N) is 2. The monoisotopic (exact) mass is 272 g/mol. The fraction of sp³-hybridized carbons (Fsp3) is 0.333. The standard InChI is InChI=1S/C15H20N4O/c1-11-4-6-13(7-5-11)18-14-10-12(2)17-15(19-14)16-8-9-20-3/h4-7,10H,8-9H2,1-3H3,(H2,16,17,18,19). The van der Waals surface area contributed by atoms with E-state index in [1.54, 1.807) is 7.11 Å². The van der Waals surface area contributed by atoms with Crippen LogP contribution in [0, 0.1) is 13.8 Å². The van der Waals surface area contributed by atoms with E-state index in [0.29, 0.717) is 19.1 Å². The molecule has 0 saturated heterocycles. The van der Waals surface area contributed by atoms with Crippen molar-refractivity contribution in [3.8, 4) is 0 Å². The third-order valence-corrected chi connectivity index (χ3v) is 2.77. The number of rotatable bonds is 6. The lowest BCUT2D eigenvalue weighted by atomic mass is 10.2. The molecule has 0 bridgehead atoms. The quantitative estimate of drug-likeness (QED) is 0.792. The number of aromatic nitrogens is 2. The van der Waals surface area contributed by atoms with Crippen LogP contribution in [0.15, 0.2) is 30.3 Å². The Morgan fingerprint density at radius 3 is 2.55 bits per heavy atom. The zero-order chi connectivity index (χ0) is 14.4. The Labute approximate surface area is 119 Å². The molecule has 2 aromatic rings. The predicted octanol–water partition coefficient (Wildman–Crippen LogP) is 2.90. The van der Waals surface area contributed by atoms with E-state index in [0.717, 1.165) is 17.2 Å². The van der Waals surface area contributed by atoms with Gasteiger partial charge in [0.1, 0.15) is 5.82 Å². The van der Waals surface area contributed by atoms with E-state index < -0.39 is 0 Å². The Morgan fingerprint density at radius 2 is 1.85 bits per heavy atom. The second-order valence-electron chi connectivity index (χ2n) is 4.63. The summed E-state index contributed by atoms with van der Waals surface area (Å²) >= 11 is 0. The molecule has 0 amide bonds. The molecule has 0 aliphatic carbocycles. The van der Waals surface area contributed by atoms with Crippen molar-refractivity contribution in [1.29, 1.82) is 0 Å². The highest BCUT2D eigenvalue weighted by atomic mass is 16.5. The molecule has 0 fully saturated rings. The maximum Gasteiger partial charge on any atom is 0.224 e. The van der Waals surface area contributed by atoms with Gasteiger partial charge >= 0.3 is 0 Å². The van der Waals surface area contributed by atoms with Crippen LogP contribution < -0.4 is 10.6 Å². The van der Waals surface area contributed by atoms with Crippen LogP contribution in [0.3, 0.4) is 0 Å². The van der Waals surface area contributed by atoms with E-state index >= 15 is 0 Å². The van der Waals surface area contributed by atoms with Crippen molar-refractivity contribution >= 4 is 17.5 Å². The van der Waals surface area contributed by atoms with Crippen LogP contribution in [0.1, 0.15) is 11.3 Å². The molecule has 1 heterocycles. The number of anilines is 3. The normalized spacial score (nSPS) is 10.3. The van der Waals surface area contributed by atoms with E-state index in [2.05, 4.69) is 39.7 Å². The zero-order valence-corrected chi connectivity index (χ0v) is 12.1. The molecular formula is C15H20N4O. The van der Waals surface area contributed by atoms with Crippen LogP contribution in [0.4, 0.5) is 17.5 Å². The fourth-order valence-electron chi connectivity index (χ4n) is 1.76. The SMILES string of the molecule is COCCNc1nc(C)cc(Nc2ccc(C)cc2)n1. The van der Waals surface area contributed by atoms with Gasteiger partial charge in [-0.25, -0.2) is 4.98 Å². The van der Waals surface area contributed by atoms with Crippen molar-refractivity contribution in [1.82, 2.24) is 9.97 Å². The Kier molecular flexibility index (Phi) is 4.90. The molecule has 0 spiro atoms. The van der Waals surface area contributed by atoms with Crippen LogP contribution >= 0.6 is 0 Å². The summed E-state index contributed by atoms with van der Waals surface area (Å²) in [5.74, 6) is 1.39. The minimum absolute atomic E-state index is 0.608. The van der Waals surface area contributed by atoms with Crippen molar-refractivity contribution in [2.75, 3.05) is 30.9 Å². The van der Waals surface area contributed by atoms with Gasteiger partial charge in [-0.1, -0.05) is 17.7 Å². The lowest BCUT2D eigenvalue weighted by molar-refractivity contribution is 0.210. The molecule has 5 heteroatoms. The molecule has 2 N–H and O–H groups in total. The lowest BCUT2D eigenvalue weighted by Gasteiger charge is -2.10. The lowest BCUT2D eigenvalue weighted by Crippen LogP contribution is -2.11. The number of hydrogen-bond acceptors (Lipinski definition) is 5. The number of nitrogens with one attached hydrogen (secondary N) is 2. The Balaban J connectivity index is 2.09. The summed E-state index contributed by atoms with van der Waals surface area (Å²) in [4.78, 5) is 8.78. The first-order valence-electron chi connectivity index (χ1n) is 6.59. The number of aryl methyl sites for hydroxylation is 2. The molecule has 0 saturated carbocycles. The minimum Gasteiger partial charge on any atom is -0.383 e. The largest absolute Gasteiger partial charge is 0.383 e. The third-order valence-electron chi connectivity index (χ3n) is 2.77. The third kappa shape index (κ3) is 4.20. The molecule has 0 atom stereocenters. The summed E-state index contributed by atoms with van der Waals surface area (Å²) in [7, 11) is 1.67. The number of hydrogen-bond donors (Lipinski definition) is 2. The summed E-state index contributed by atoms with van der Waals surface area (Å²) in [6.45, 7) is 5.32. The van der Waals surface area contributed by atoms with E-state index in [1.807, 2.05) is 25.1 Å². The molecule has 20 heavy (non-hydrogen) atoms. The molecule has 0 aliphatic heterocycles. The second-order valence-corrected chi connectivity index (χ2v) is 4.63. The molecule has 1 aromatic carbocycles. The summed E-state index contributed by atoms with van der Waals surface area (Å²) in [6.07, 6.45) is 0. The summed E-state index contributed by atoms with van der Waals surface area (Å²) in [5.41, 5.74) is 3.16. The summed E-state index contributed by atoms with van der Waals surface area (Å²) < 4.78 is 5.00. The highest BCUT2D eigenvalue weighted by molar-refractivity contribution is 5.57. The molecule has 0 aliphatic rings. The molecule has 106 valence electrons. The van der Waals surface area contributed by atoms with Crippen molar-refractivity contribution < 1.29 is 4.74 Å². The maximum absolute atomic E-state index is 5.00. The van der Waals surface area contributed by atoms with E-state index in [4.69, 9.17) is 4.74 Å². The van der Waals surface area contributed by atoms with E-state index in [-0.39, 0.29) is 0 Å². The average Bonchev–Trinajstić information content (AvgIpc) is 2.41. The van der Waals surface area contributed by atoms with Crippen LogP contribution in [-0.2, 0) is 4.74 Å². The van der Waals surface area contributed by atoms with Crippen molar-refractivity contribution in [2.45, 2.75) is 13.8 Å². The van der Waals surface area contributed by atoms with Crippen molar-refractivity contribution in [3.05, 3.63) is 41.6 Å². The first kappa shape index (κ1) is 14.3. The minimum atomic E-state index is 0.608. The van der Waals surface area contributed by atoms with E-state index in [9.17, 15) is 0 Å². The van der Waals surface area contributed by atoms with E-state index in [1.165, 1.54) is 5.56 Å². The molecule has 0 radical (unpaired) electrons. The first-order chi connectivity index (χ1) is 9.67. The van der Waals surface area contributed by atoms with Gasteiger partial charge in [-0.2, -0.15) is 4.98 Å². The Hall–Kier alpha value is -2.14. The molecular weight excluding hydrogens is 252 g/mol. The fourth-order valence-corrected chi connectivity index (χ4v) is 1.76. The zero-order valence-electron chi connectivity index (χ0n) is 12.1. The number of methoxy groups -OCH3 is 1. The predicted molar refractivity (Wildman–Crippen MR) is 81.6 cm³/mol. The smallest absolute Gasteiger partial charge is 0.224 e. The van der Waals surface area contributed by atoms with Gasteiger partial charge in [0.25, 0.3) is 0 Å². The van der Waals surface area contributed by atoms with Gasteiger partial charge < -0.3 is 15.4 Å². The highest BCUT2D eigenvalue weighted by Gasteiger charge is 2.02. The topological polar surface area (TPSA) is 59.1 Å². The van der Waals surface area contributed by atoms with Gasteiger partial charge in [-0.3, -0.25) is 0 Å². The van der Waals surface area contributed by atoms with Gasteiger partial charge in [-0.15, -0.1) is 0 Å². The van der Waals surface area contributed by atoms with Crippen molar-refractivity contribution in [3.63, 3.8) is 0 Å². The molecule has 1 aromatic heterocycles. The molecule has 5 nitrogen and oxygen atoms in total. The number of benzene rings is 1. The van der Waals surface area contributed by atoms with Crippen molar-refractivity contribution in [2.24, 2.45) is 0 Å². The Morgan fingerprint density at radius 1 is 1.10 bits per heavy atom. The number of ether oxygens (including phenoxy) is 1. The highest BCUT2D eigenvalue weighted by Crippen LogP contribution is 2.17. The van der Waals surface area contributed by atoms with Crippen LogP contribution in [0.2, 0.25) is 0 Å².